The topological polar surface area (TPSA) is 40.6 Å². The highest BCUT2D eigenvalue weighted by molar-refractivity contribution is 7.90. The van der Waals surface area contributed by atoms with E-state index in [0.29, 0.717) is 12.3 Å². The van der Waals surface area contributed by atoms with E-state index in [4.69, 9.17) is 0 Å². The molecule has 90 valence electrons. The fourth-order valence-corrected chi connectivity index (χ4v) is 2.44. The Bertz CT molecular complexity index is 269. The largest absolute Gasteiger partial charge is 0.301 e. The molecule has 0 amide bonds. The van der Waals surface area contributed by atoms with Crippen molar-refractivity contribution in [1.29, 1.82) is 0 Å². The van der Waals surface area contributed by atoms with Crippen LogP contribution in [0.2, 0.25) is 0 Å². The first kappa shape index (κ1) is 12.9. The maximum Gasteiger partial charge on any atom is 0.148 e. The minimum atomic E-state index is -2.80. The van der Waals surface area contributed by atoms with Crippen LogP contribution >= 0.6 is 0 Å². The van der Waals surface area contributed by atoms with Gasteiger partial charge in [0.05, 0.1) is 5.75 Å². The van der Waals surface area contributed by atoms with Crippen molar-refractivity contribution in [3.8, 4) is 0 Å². The molecule has 0 aliphatic carbocycles. The van der Waals surface area contributed by atoms with Gasteiger partial charge in [0.15, 0.2) is 0 Å². The standard InChI is InChI=1S/C10H22N2O2S/c1-3-4-11-5-7-12(8-6-11)9-10-15(2,13)14/h3-10H2,1-2H3. The van der Waals surface area contributed by atoms with Gasteiger partial charge in [-0.3, -0.25) is 4.90 Å². The monoisotopic (exact) mass is 234 g/mol. The highest BCUT2D eigenvalue weighted by Gasteiger charge is 2.16. The van der Waals surface area contributed by atoms with Gasteiger partial charge >= 0.3 is 0 Å². The van der Waals surface area contributed by atoms with Gasteiger partial charge in [0.25, 0.3) is 0 Å². The van der Waals surface area contributed by atoms with Crippen LogP contribution in [0, 0.1) is 0 Å². The lowest BCUT2D eigenvalue weighted by Gasteiger charge is -2.34. The highest BCUT2D eigenvalue weighted by Crippen LogP contribution is 2.02. The molecule has 1 rings (SSSR count). The minimum Gasteiger partial charge on any atom is -0.301 e. The van der Waals surface area contributed by atoms with Gasteiger partial charge < -0.3 is 4.90 Å². The highest BCUT2D eigenvalue weighted by atomic mass is 32.2. The summed E-state index contributed by atoms with van der Waals surface area (Å²) in [7, 11) is -2.80. The van der Waals surface area contributed by atoms with E-state index in [9.17, 15) is 8.42 Å². The average Bonchev–Trinajstić information content (AvgIpc) is 2.16. The fraction of sp³-hybridized carbons (Fsp3) is 1.00. The second kappa shape index (κ2) is 5.82. The summed E-state index contributed by atoms with van der Waals surface area (Å²) < 4.78 is 22.0. The number of rotatable bonds is 5. The van der Waals surface area contributed by atoms with E-state index < -0.39 is 9.84 Å². The first-order chi connectivity index (χ1) is 7.01. The molecule has 1 fully saturated rings. The number of hydrogen-bond acceptors (Lipinski definition) is 4. The van der Waals surface area contributed by atoms with Crippen molar-refractivity contribution in [3.63, 3.8) is 0 Å². The third kappa shape index (κ3) is 5.49. The molecule has 0 radical (unpaired) electrons. The SMILES string of the molecule is CCCN1CCN(CCS(C)(=O)=O)CC1. The molecular weight excluding hydrogens is 212 g/mol. The lowest BCUT2D eigenvalue weighted by Crippen LogP contribution is -2.47. The molecule has 1 aliphatic rings. The first-order valence-corrected chi connectivity index (χ1v) is 7.70. The van der Waals surface area contributed by atoms with Crippen molar-refractivity contribution in [1.82, 2.24) is 9.80 Å². The van der Waals surface area contributed by atoms with Crippen molar-refractivity contribution >= 4 is 9.84 Å². The summed E-state index contributed by atoms with van der Waals surface area (Å²) in [4.78, 5) is 4.68. The Hall–Kier alpha value is -0.130. The molecule has 0 atom stereocenters. The molecule has 0 N–H and O–H groups in total. The lowest BCUT2D eigenvalue weighted by molar-refractivity contribution is 0.138. The Morgan fingerprint density at radius 1 is 1.00 bits per heavy atom. The lowest BCUT2D eigenvalue weighted by atomic mass is 10.3. The van der Waals surface area contributed by atoms with E-state index in [0.717, 1.165) is 26.2 Å². The minimum absolute atomic E-state index is 0.292. The van der Waals surface area contributed by atoms with Gasteiger partial charge in [-0.05, 0) is 13.0 Å². The third-order valence-corrected chi connectivity index (χ3v) is 3.71. The third-order valence-electron chi connectivity index (χ3n) is 2.78. The Kier molecular flexibility index (Phi) is 5.02. The van der Waals surface area contributed by atoms with Gasteiger partial charge in [0, 0.05) is 39.0 Å². The maximum atomic E-state index is 11.0. The number of sulfone groups is 1. The van der Waals surface area contributed by atoms with Crippen LogP contribution in [0.25, 0.3) is 0 Å². The maximum absolute atomic E-state index is 11.0. The number of piperazine rings is 1. The normalized spacial score (nSPS) is 20.7. The van der Waals surface area contributed by atoms with E-state index in [2.05, 4.69) is 16.7 Å². The van der Waals surface area contributed by atoms with E-state index in [1.807, 2.05) is 0 Å². The van der Waals surface area contributed by atoms with Crippen LogP contribution in [-0.4, -0.2) is 69.5 Å². The van der Waals surface area contributed by atoms with E-state index in [-0.39, 0.29) is 0 Å². The van der Waals surface area contributed by atoms with Crippen LogP contribution in [0.1, 0.15) is 13.3 Å². The molecule has 1 heterocycles. The zero-order valence-electron chi connectivity index (χ0n) is 9.78. The van der Waals surface area contributed by atoms with Gasteiger partial charge in [0.1, 0.15) is 9.84 Å². The molecule has 1 aliphatic heterocycles. The summed E-state index contributed by atoms with van der Waals surface area (Å²) in [5.74, 6) is 0.292. The first-order valence-electron chi connectivity index (χ1n) is 5.63. The van der Waals surface area contributed by atoms with Gasteiger partial charge in [0.2, 0.25) is 0 Å². The fourth-order valence-electron chi connectivity index (χ4n) is 1.85. The summed E-state index contributed by atoms with van der Waals surface area (Å²) in [5.41, 5.74) is 0. The predicted molar refractivity (Wildman–Crippen MR) is 62.9 cm³/mol. The summed E-state index contributed by atoms with van der Waals surface area (Å²) in [5, 5.41) is 0. The molecule has 0 bridgehead atoms. The van der Waals surface area contributed by atoms with Crippen LogP contribution < -0.4 is 0 Å². The summed E-state index contributed by atoms with van der Waals surface area (Å²) in [6, 6.07) is 0. The molecular formula is C10H22N2O2S. The molecule has 5 heteroatoms. The Morgan fingerprint density at radius 2 is 1.47 bits per heavy atom. The van der Waals surface area contributed by atoms with Crippen molar-refractivity contribution in [2.75, 3.05) is 51.3 Å². The predicted octanol–water partition coefficient (Wildman–Crippen LogP) is 0.0586. The zero-order valence-corrected chi connectivity index (χ0v) is 10.6. The molecule has 0 aromatic heterocycles. The second-order valence-electron chi connectivity index (χ2n) is 4.31. The Labute approximate surface area is 93.2 Å². The molecule has 0 aromatic rings. The molecule has 4 nitrogen and oxygen atoms in total. The van der Waals surface area contributed by atoms with Gasteiger partial charge in [-0.15, -0.1) is 0 Å². The summed E-state index contributed by atoms with van der Waals surface area (Å²) in [6.07, 6.45) is 2.50. The average molecular weight is 234 g/mol. The van der Waals surface area contributed by atoms with Gasteiger partial charge in [-0.1, -0.05) is 6.92 Å². The second-order valence-corrected chi connectivity index (χ2v) is 6.57. The van der Waals surface area contributed by atoms with Gasteiger partial charge in [-0.25, -0.2) is 8.42 Å². The van der Waals surface area contributed by atoms with E-state index in [1.165, 1.54) is 19.2 Å². The van der Waals surface area contributed by atoms with Crippen molar-refractivity contribution < 1.29 is 8.42 Å². The molecule has 0 unspecified atom stereocenters. The number of nitrogens with zero attached hydrogens (tertiary/aromatic N) is 2. The smallest absolute Gasteiger partial charge is 0.148 e. The Morgan fingerprint density at radius 3 is 1.87 bits per heavy atom. The van der Waals surface area contributed by atoms with Crippen LogP contribution in [0.15, 0.2) is 0 Å². The molecule has 1 saturated heterocycles. The molecule has 0 saturated carbocycles. The van der Waals surface area contributed by atoms with Crippen LogP contribution in [0.5, 0.6) is 0 Å². The van der Waals surface area contributed by atoms with Crippen LogP contribution in [0.3, 0.4) is 0 Å². The van der Waals surface area contributed by atoms with Crippen LogP contribution in [0.4, 0.5) is 0 Å². The quantitative estimate of drug-likeness (QED) is 0.674. The molecule has 0 spiro atoms. The molecule has 0 aromatic carbocycles. The van der Waals surface area contributed by atoms with Crippen molar-refractivity contribution in [2.24, 2.45) is 0 Å². The number of hydrogen-bond donors (Lipinski definition) is 0. The van der Waals surface area contributed by atoms with Crippen molar-refractivity contribution in [3.05, 3.63) is 0 Å². The summed E-state index contributed by atoms with van der Waals surface area (Å²) >= 11 is 0. The van der Waals surface area contributed by atoms with Crippen molar-refractivity contribution in [2.45, 2.75) is 13.3 Å². The van der Waals surface area contributed by atoms with Gasteiger partial charge in [-0.2, -0.15) is 0 Å². The Balaban J connectivity index is 2.20. The zero-order chi connectivity index (χ0) is 11.3. The molecule has 15 heavy (non-hydrogen) atoms. The van der Waals surface area contributed by atoms with Crippen LogP contribution in [-0.2, 0) is 9.84 Å². The van der Waals surface area contributed by atoms with E-state index >= 15 is 0 Å². The van der Waals surface area contributed by atoms with E-state index in [1.54, 1.807) is 0 Å². The summed E-state index contributed by atoms with van der Waals surface area (Å²) in [6.45, 7) is 8.23.